The van der Waals surface area contributed by atoms with Gasteiger partial charge in [0.15, 0.2) is 0 Å². The fourth-order valence-corrected chi connectivity index (χ4v) is 5.77. The molecule has 0 aliphatic heterocycles. The Morgan fingerprint density at radius 2 is 1.88 bits per heavy atom. The number of amides is 1. The van der Waals surface area contributed by atoms with E-state index in [9.17, 15) is 14.6 Å². The number of nitrogens with one attached hydrogen (secondary N) is 2. The molecule has 212 valence electrons. The summed E-state index contributed by atoms with van der Waals surface area (Å²) in [7, 11) is -3.58. The summed E-state index contributed by atoms with van der Waals surface area (Å²) in [5.74, 6) is -0.0374. The molecule has 0 saturated carbocycles. The Kier molecular flexibility index (Phi) is 9.92. The molecule has 4 rings (SSSR count). The average molecular weight is 594 g/mol. The molecule has 4 aromatic rings. The molecule has 1 amide bonds. The van der Waals surface area contributed by atoms with Gasteiger partial charge in [0.2, 0.25) is 5.91 Å². The van der Waals surface area contributed by atoms with Crippen LogP contribution in [0.3, 0.4) is 0 Å². The lowest BCUT2D eigenvalue weighted by Crippen LogP contribution is -2.19. The summed E-state index contributed by atoms with van der Waals surface area (Å²) in [6.07, 6.45) is 2.74. The van der Waals surface area contributed by atoms with E-state index in [4.69, 9.17) is 25.4 Å². The van der Waals surface area contributed by atoms with Gasteiger partial charge in [-0.3, -0.25) is 19.3 Å². The van der Waals surface area contributed by atoms with E-state index in [1.165, 1.54) is 6.20 Å². The minimum Gasteiger partial charge on any atom is -0.486 e. The molecule has 0 unspecified atom stereocenters. The van der Waals surface area contributed by atoms with Crippen LogP contribution in [0.25, 0.3) is 10.9 Å². The van der Waals surface area contributed by atoms with Gasteiger partial charge < -0.3 is 24.4 Å². The SMILES string of the molecule is CCOP(=O)(CC(=O)Nc1cc2c(Nc3ccc(OCc4ccccn4)c(Cl)c3)c(C#N)cnc2cc1C)OCC. The van der Waals surface area contributed by atoms with Crippen molar-refractivity contribution in [1.29, 1.82) is 5.26 Å². The molecule has 2 heterocycles. The molecule has 0 aliphatic rings. The van der Waals surface area contributed by atoms with E-state index in [0.717, 1.165) is 11.3 Å². The van der Waals surface area contributed by atoms with Crippen LogP contribution in [-0.4, -0.2) is 35.3 Å². The average Bonchev–Trinajstić information content (AvgIpc) is 2.94. The van der Waals surface area contributed by atoms with Crippen molar-refractivity contribution in [1.82, 2.24) is 9.97 Å². The lowest BCUT2D eigenvalue weighted by atomic mass is 10.1. The first-order valence-corrected chi connectivity index (χ1v) is 15.0. The van der Waals surface area contributed by atoms with Crippen LogP contribution in [-0.2, 0) is 25.0 Å². The van der Waals surface area contributed by atoms with Crippen molar-refractivity contribution in [3.05, 3.63) is 82.8 Å². The molecule has 0 radical (unpaired) electrons. The summed E-state index contributed by atoms with van der Waals surface area (Å²) in [5.41, 5.74) is 3.97. The van der Waals surface area contributed by atoms with Crippen molar-refractivity contribution in [2.45, 2.75) is 27.4 Å². The van der Waals surface area contributed by atoms with Gasteiger partial charge in [0.1, 0.15) is 24.6 Å². The van der Waals surface area contributed by atoms with E-state index in [1.807, 2.05) is 25.1 Å². The predicted octanol–water partition coefficient (Wildman–Crippen LogP) is 6.99. The fraction of sp³-hybridized carbons (Fsp3) is 0.241. The van der Waals surface area contributed by atoms with E-state index in [-0.39, 0.29) is 19.8 Å². The number of halogens is 1. The topological polar surface area (TPSA) is 135 Å². The predicted molar refractivity (Wildman–Crippen MR) is 159 cm³/mol. The number of rotatable bonds is 12. The quantitative estimate of drug-likeness (QED) is 0.166. The number of pyridine rings is 2. The zero-order valence-electron chi connectivity index (χ0n) is 22.8. The third-order valence-corrected chi connectivity index (χ3v) is 8.17. The van der Waals surface area contributed by atoms with Gasteiger partial charge in [0, 0.05) is 29.2 Å². The Hall–Kier alpha value is -4.00. The number of carbonyl (C=O) groups is 1. The molecule has 2 N–H and O–H groups in total. The minimum absolute atomic E-state index is 0.151. The largest absolute Gasteiger partial charge is 0.486 e. The van der Waals surface area contributed by atoms with Crippen molar-refractivity contribution >= 4 is 53.1 Å². The lowest BCUT2D eigenvalue weighted by molar-refractivity contribution is -0.114. The van der Waals surface area contributed by atoms with Gasteiger partial charge in [-0.25, -0.2) is 0 Å². The Labute approximate surface area is 243 Å². The lowest BCUT2D eigenvalue weighted by Gasteiger charge is -2.18. The number of fused-ring (bicyclic) bond motifs is 1. The summed E-state index contributed by atoms with van der Waals surface area (Å²) in [4.78, 5) is 21.5. The standard InChI is InChI=1S/C29H29ClN5O5P/c1-4-39-41(37,40-5-2)18-28(36)35-25-14-23-26(12-19(25)3)33-16-20(15-31)29(23)34-21-9-10-27(24(30)13-21)38-17-22-8-6-7-11-32-22/h6-14,16H,4-5,17-18H2,1-3H3,(H,33,34)(H,35,36). The fourth-order valence-electron chi connectivity index (χ4n) is 4.06. The number of nitriles is 1. The molecule has 2 aromatic heterocycles. The van der Waals surface area contributed by atoms with Gasteiger partial charge in [-0.15, -0.1) is 0 Å². The monoisotopic (exact) mass is 593 g/mol. The maximum Gasteiger partial charge on any atom is 0.340 e. The highest BCUT2D eigenvalue weighted by Crippen LogP contribution is 2.48. The Bertz CT molecular complexity index is 1630. The van der Waals surface area contributed by atoms with E-state index in [2.05, 4.69) is 26.7 Å². The van der Waals surface area contributed by atoms with E-state index < -0.39 is 19.7 Å². The second-order valence-electron chi connectivity index (χ2n) is 8.88. The highest BCUT2D eigenvalue weighted by Gasteiger charge is 2.28. The molecule has 0 atom stereocenters. The van der Waals surface area contributed by atoms with E-state index in [0.29, 0.717) is 44.3 Å². The molecule has 10 nitrogen and oxygen atoms in total. The van der Waals surface area contributed by atoms with Gasteiger partial charge in [-0.1, -0.05) is 17.7 Å². The number of aromatic nitrogens is 2. The van der Waals surface area contributed by atoms with Gasteiger partial charge in [0.05, 0.1) is 40.7 Å². The second-order valence-corrected chi connectivity index (χ2v) is 11.3. The number of hydrogen-bond donors (Lipinski definition) is 2. The van der Waals surface area contributed by atoms with Crippen LogP contribution in [0.1, 0.15) is 30.7 Å². The van der Waals surface area contributed by atoms with Gasteiger partial charge in [-0.05, 0) is 68.8 Å². The molecular weight excluding hydrogens is 565 g/mol. The van der Waals surface area contributed by atoms with E-state index >= 15 is 0 Å². The van der Waals surface area contributed by atoms with Crippen LogP contribution in [0.5, 0.6) is 5.75 Å². The molecule has 0 bridgehead atoms. The molecule has 0 spiro atoms. The molecule has 41 heavy (non-hydrogen) atoms. The number of ether oxygens (including phenoxy) is 1. The first-order chi connectivity index (χ1) is 19.7. The van der Waals surface area contributed by atoms with Crippen LogP contribution >= 0.6 is 19.2 Å². The summed E-state index contributed by atoms with van der Waals surface area (Å²) in [6.45, 7) is 5.75. The number of anilines is 3. The number of aryl methyl sites for hydroxylation is 1. The zero-order chi connectivity index (χ0) is 29.4. The maximum atomic E-state index is 12.8. The van der Waals surface area contributed by atoms with Crippen molar-refractivity contribution in [3.63, 3.8) is 0 Å². The number of carbonyl (C=O) groups excluding carboxylic acids is 1. The van der Waals surface area contributed by atoms with Crippen molar-refractivity contribution in [2.75, 3.05) is 30.0 Å². The summed E-state index contributed by atoms with van der Waals surface area (Å²) in [6, 6.07) is 16.4. The van der Waals surface area contributed by atoms with Crippen LogP contribution in [0.2, 0.25) is 5.02 Å². The van der Waals surface area contributed by atoms with Crippen LogP contribution < -0.4 is 15.4 Å². The summed E-state index contributed by atoms with van der Waals surface area (Å²) >= 11 is 6.50. The molecular formula is C29H29ClN5O5P. The van der Waals surface area contributed by atoms with Crippen LogP contribution in [0, 0.1) is 18.3 Å². The van der Waals surface area contributed by atoms with Crippen LogP contribution in [0.4, 0.5) is 17.1 Å². The van der Waals surface area contributed by atoms with Crippen molar-refractivity contribution in [2.24, 2.45) is 0 Å². The number of nitrogens with zero attached hydrogens (tertiary/aromatic N) is 3. The normalized spacial score (nSPS) is 11.2. The minimum atomic E-state index is -3.58. The Morgan fingerprint density at radius 3 is 2.54 bits per heavy atom. The van der Waals surface area contributed by atoms with Crippen LogP contribution in [0.15, 0.2) is 60.9 Å². The van der Waals surface area contributed by atoms with Gasteiger partial charge >= 0.3 is 7.60 Å². The Morgan fingerprint density at radius 1 is 1.10 bits per heavy atom. The third-order valence-electron chi connectivity index (χ3n) is 5.90. The highest BCUT2D eigenvalue weighted by atomic mass is 35.5. The molecule has 0 fully saturated rings. The third kappa shape index (κ3) is 7.60. The molecule has 12 heteroatoms. The summed E-state index contributed by atoms with van der Waals surface area (Å²) < 4.78 is 29.1. The van der Waals surface area contributed by atoms with Crippen molar-refractivity contribution in [3.8, 4) is 11.8 Å². The van der Waals surface area contributed by atoms with Crippen molar-refractivity contribution < 1.29 is 23.1 Å². The van der Waals surface area contributed by atoms with Gasteiger partial charge in [0.25, 0.3) is 0 Å². The van der Waals surface area contributed by atoms with E-state index in [1.54, 1.807) is 50.4 Å². The number of benzene rings is 2. The maximum absolute atomic E-state index is 12.8. The molecule has 2 aromatic carbocycles. The first kappa shape index (κ1) is 30.0. The second kappa shape index (κ2) is 13.6. The summed E-state index contributed by atoms with van der Waals surface area (Å²) in [5, 5.41) is 16.8. The molecule has 0 saturated heterocycles. The smallest absolute Gasteiger partial charge is 0.340 e. The van der Waals surface area contributed by atoms with Gasteiger partial charge in [-0.2, -0.15) is 5.26 Å². The molecule has 0 aliphatic carbocycles. The Balaban J connectivity index is 1.60. The zero-order valence-corrected chi connectivity index (χ0v) is 24.5. The first-order valence-electron chi connectivity index (χ1n) is 12.9. The highest BCUT2D eigenvalue weighted by molar-refractivity contribution is 7.54. The number of hydrogen-bond acceptors (Lipinski definition) is 9.